The van der Waals surface area contributed by atoms with E-state index in [1.807, 2.05) is 6.07 Å². The van der Waals surface area contributed by atoms with Gasteiger partial charge in [-0.25, -0.2) is 0 Å². The second-order valence-corrected chi connectivity index (χ2v) is 4.75. The third kappa shape index (κ3) is 2.83. The third-order valence-electron chi connectivity index (χ3n) is 2.47. The van der Waals surface area contributed by atoms with Crippen molar-refractivity contribution in [3.63, 3.8) is 0 Å². The predicted molar refractivity (Wildman–Crippen MR) is 74.9 cm³/mol. The Kier molecular flexibility index (Phi) is 3.42. The molecule has 0 amide bonds. The zero-order chi connectivity index (χ0) is 13.9. The summed E-state index contributed by atoms with van der Waals surface area (Å²) in [6.07, 6.45) is 0. The van der Waals surface area contributed by atoms with Gasteiger partial charge in [0, 0.05) is 11.8 Å². The molecule has 7 heteroatoms. The van der Waals surface area contributed by atoms with Crippen molar-refractivity contribution in [2.45, 2.75) is 6.61 Å². The van der Waals surface area contributed by atoms with Gasteiger partial charge in [0.05, 0.1) is 0 Å². The number of hydrogen-bond acceptors (Lipinski definition) is 6. The number of benzene rings is 1. The van der Waals surface area contributed by atoms with E-state index in [0.29, 0.717) is 33.6 Å². The zero-order valence-electron chi connectivity index (χ0n) is 10.2. The predicted octanol–water partition coefficient (Wildman–Crippen LogP) is 3.25. The van der Waals surface area contributed by atoms with E-state index >= 15 is 0 Å². The molecule has 0 spiro atoms. The smallest absolute Gasteiger partial charge is 0.283 e. The Labute approximate surface area is 122 Å². The summed E-state index contributed by atoms with van der Waals surface area (Å²) in [5.74, 6) is 1.81. The van der Waals surface area contributed by atoms with Gasteiger partial charge in [0.25, 0.3) is 11.8 Å². The third-order valence-corrected chi connectivity index (χ3v) is 2.90. The molecule has 0 saturated heterocycles. The molecule has 6 nitrogen and oxygen atoms in total. The fraction of sp³-hybridized carbons (Fsp3) is 0.0769. The number of nitrogens with two attached hydrogens (primary N) is 1. The molecule has 3 rings (SSSR count). The molecule has 0 atom stereocenters. The van der Waals surface area contributed by atoms with Crippen LogP contribution in [0, 0.1) is 0 Å². The van der Waals surface area contributed by atoms with E-state index in [1.165, 1.54) is 0 Å². The van der Waals surface area contributed by atoms with Crippen LogP contribution in [0.25, 0.3) is 11.7 Å². The van der Waals surface area contributed by atoms with Gasteiger partial charge >= 0.3 is 0 Å². The summed E-state index contributed by atoms with van der Waals surface area (Å²) in [5.41, 5.74) is 6.30. The number of ether oxygens (including phenoxy) is 1. The maximum absolute atomic E-state index is 5.66. The van der Waals surface area contributed by atoms with E-state index in [4.69, 9.17) is 19.3 Å². The summed E-state index contributed by atoms with van der Waals surface area (Å²) >= 11 is 3.21. The van der Waals surface area contributed by atoms with Crippen LogP contribution in [0.1, 0.15) is 5.89 Å². The molecular formula is C13H10BrN3O3. The fourth-order valence-corrected chi connectivity index (χ4v) is 1.90. The first kappa shape index (κ1) is 12.7. The molecule has 0 aliphatic heterocycles. The highest BCUT2D eigenvalue weighted by atomic mass is 79.9. The number of rotatable bonds is 4. The van der Waals surface area contributed by atoms with Gasteiger partial charge in [0.1, 0.15) is 5.75 Å². The Morgan fingerprint density at radius 1 is 1.15 bits per heavy atom. The summed E-state index contributed by atoms with van der Waals surface area (Å²) < 4.78 is 16.9. The minimum atomic E-state index is 0.165. The van der Waals surface area contributed by atoms with Crippen molar-refractivity contribution < 1.29 is 13.6 Å². The Balaban J connectivity index is 1.68. The molecule has 0 aliphatic rings. The van der Waals surface area contributed by atoms with Crippen molar-refractivity contribution in [2.24, 2.45) is 0 Å². The second-order valence-electron chi connectivity index (χ2n) is 3.97. The molecule has 1 aromatic carbocycles. The normalized spacial score (nSPS) is 10.7. The number of halogens is 1. The SMILES string of the molecule is Nc1cccc(OCc2nnc(-c3ccc(Br)o3)o2)c1. The molecule has 0 bridgehead atoms. The molecule has 0 saturated carbocycles. The lowest BCUT2D eigenvalue weighted by Crippen LogP contribution is -1.96. The van der Waals surface area contributed by atoms with Gasteiger partial charge in [-0.3, -0.25) is 0 Å². The number of nitrogens with zero attached hydrogens (tertiary/aromatic N) is 2. The first-order valence-electron chi connectivity index (χ1n) is 5.77. The minimum Gasteiger partial charge on any atom is -0.484 e. The van der Waals surface area contributed by atoms with Gasteiger partial charge in [-0.2, -0.15) is 0 Å². The van der Waals surface area contributed by atoms with Crippen LogP contribution in [0.4, 0.5) is 5.69 Å². The molecule has 2 heterocycles. The fourth-order valence-electron chi connectivity index (χ4n) is 1.59. The van der Waals surface area contributed by atoms with E-state index < -0.39 is 0 Å². The van der Waals surface area contributed by atoms with Gasteiger partial charge in [-0.1, -0.05) is 6.07 Å². The average molecular weight is 336 g/mol. The van der Waals surface area contributed by atoms with E-state index in [-0.39, 0.29) is 6.61 Å². The van der Waals surface area contributed by atoms with E-state index in [2.05, 4.69) is 26.1 Å². The van der Waals surface area contributed by atoms with Crippen molar-refractivity contribution in [3.8, 4) is 17.4 Å². The van der Waals surface area contributed by atoms with Crippen molar-refractivity contribution in [3.05, 3.63) is 47.0 Å². The Morgan fingerprint density at radius 3 is 2.80 bits per heavy atom. The number of furan rings is 1. The summed E-state index contributed by atoms with van der Waals surface area (Å²) in [4.78, 5) is 0. The monoisotopic (exact) mass is 335 g/mol. The van der Waals surface area contributed by atoms with Crippen LogP contribution >= 0.6 is 15.9 Å². The summed E-state index contributed by atoms with van der Waals surface area (Å²) in [6, 6.07) is 10.6. The molecule has 2 aromatic heterocycles. The lowest BCUT2D eigenvalue weighted by atomic mass is 10.3. The number of hydrogen-bond donors (Lipinski definition) is 1. The highest BCUT2D eigenvalue weighted by molar-refractivity contribution is 9.10. The van der Waals surface area contributed by atoms with Gasteiger partial charge in [-0.05, 0) is 40.2 Å². The van der Waals surface area contributed by atoms with Crippen molar-refractivity contribution in [1.82, 2.24) is 10.2 Å². The maximum Gasteiger partial charge on any atom is 0.283 e. The van der Waals surface area contributed by atoms with Gasteiger partial charge in [0.15, 0.2) is 17.0 Å². The molecule has 20 heavy (non-hydrogen) atoms. The van der Waals surface area contributed by atoms with E-state index in [9.17, 15) is 0 Å². The molecule has 0 aliphatic carbocycles. The highest BCUT2D eigenvalue weighted by Gasteiger charge is 2.12. The molecule has 2 N–H and O–H groups in total. The zero-order valence-corrected chi connectivity index (χ0v) is 11.8. The minimum absolute atomic E-state index is 0.165. The van der Waals surface area contributed by atoms with E-state index in [0.717, 1.165) is 0 Å². The molecule has 3 aromatic rings. The molecule has 0 unspecified atom stereocenters. The number of anilines is 1. The van der Waals surface area contributed by atoms with Crippen molar-refractivity contribution in [1.29, 1.82) is 0 Å². The average Bonchev–Trinajstić information content (AvgIpc) is 3.05. The molecule has 0 fully saturated rings. The lowest BCUT2D eigenvalue weighted by Gasteiger charge is -2.03. The number of aromatic nitrogens is 2. The van der Waals surface area contributed by atoms with Gasteiger partial charge in [-0.15, -0.1) is 10.2 Å². The summed E-state index contributed by atoms with van der Waals surface area (Å²) in [5, 5.41) is 7.78. The Morgan fingerprint density at radius 2 is 2.05 bits per heavy atom. The van der Waals surface area contributed by atoms with Crippen molar-refractivity contribution in [2.75, 3.05) is 5.73 Å². The van der Waals surface area contributed by atoms with Crippen LogP contribution in [0.2, 0.25) is 0 Å². The summed E-state index contributed by atoms with van der Waals surface area (Å²) in [6.45, 7) is 0.165. The first-order valence-corrected chi connectivity index (χ1v) is 6.56. The largest absolute Gasteiger partial charge is 0.484 e. The van der Waals surface area contributed by atoms with Crippen molar-refractivity contribution >= 4 is 21.6 Å². The van der Waals surface area contributed by atoms with Crippen LogP contribution in [-0.4, -0.2) is 10.2 Å². The van der Waals surface area contributed by atoms with E-state index in [1.54, 1.807) is 30.3 Å². The van der Waals surface area contributed by atoms with Crippen LogP contribution in [0.5, 0.6) is 5.75 Å². The molecule has 0 radical (unpaired) electrons. The lowest BCUT2D eigenvalue weighted by molar-refractivity contribution is 0.264. The maximum atomic E-state index is 5.66. The van der Waals surface area contributed by atoms with Crippen LogP contribution < -0.4 is 10.5 Å². The highest BCUT2D eigenvalue weighted by Crippen LogP contribution is 2.24. The number of nitrogen functional groups attached to an aromatic ring is 1. The molecular weight excluding hydrogens is 326 g/mol. The standard InChI is InChI=1S/C13H10BrN3O3/c14-11-5-4-10(19-11)13-17-16-12(20-13)7-18-9-3-1-2-8(15)6-9/h1-6H,7,15H2. The second kappa shape index (κ2) is 5.38. The van der Waals surface area contributed by atoms with Gasteiger partial charge < -0.3 is 19.3 Å². The summed E-state index contributed by atoms with van der Waals surface area (Å²) in [7, 11) is 0. The molecule has 102 valence electrons. The first-order chi connectivity index (χ1) is 9.70. The van der Waals surface area contributed by atoms with Crippen LogP contribution in [0.15, 0.2) is 49.9 Å². The Bertz CT molecular complexity index is 723. The van der Waals surface area contributed by atoms with Crippen LogP contribution in [0.3, 0.4) is 0 Å². The van der Waals surface area contributed by atoms with Crippen LogP contribution in [-0.2, 0) is 6.61 Å². The Hall–Kier alpha value is -2.28. The quantitative estimate of drug-likeness (QED) is 0.736. The van der Waals surface area contributed by atoms with Gasteiger partial charge in [0.2, 0.25) is 0 Å². The topological polar surface area (TPSA) is 87.3 Å².